The second-order valence-corrected chi connectivity index (χ2v) is 14.4. The Labute approximate surface area is 303 Å². The van der Waals surface area contributed by atoms with Crippen LogP contribution in [0.4, 0.5) is 0 Å². The number of hydrogen-bond donors (Lipinski definition) is 2. The molecular formula is C39H48BrN3O7. The number of allylic oxidation sites excluding steroid dienone is 1. The van der Waals surface area contributed by atoms with Crippen LogP contribution in [0.3, 0.4) is 0 Å². The number of ether oxygens (including phenoxy) is 2. The highest BCUT2D eigenvalue weighted by atomic mass is 79.9. The third-order valence-corrected chi connectivity index (χ3v) is 11.0. The Hall–Kier alpha value is -3.80. The van der Waals surface area contributed by atoms with Crippen molar-refractivity contribution in [2.75, 3.05) is 26.2 Å². The molecule has 2 aromatic carbocycles. The van der Waals surface area contributed by atoms with Gasteiger partial charge in [-0.1, -0.05) is 109 Å². The lowest BCUT2D eigenvalue weighted by Gasteiger charge is -2.39. The fourth-order valence-electron chi connectivity index (χ4n) is 7.80. The lowest BCUT2D eigenvalue weighted by Crippen LogP contribution is -2.57. The molecule has 3 heterocycles. The van der Waals surface area contributed by atoms with Gasteiger partial charge in [0.25, 0.3) is 0 Å². The minimum absolute atomic E-state index is 0.0353. The quantitative estimate of drug-likeness (QED) is 0.0948. The molecule has 1 unspecified atom stereocenters. The summed E-state index contributed by atoms with van der Waals surface area (Å²) < 4.78 is 12.9. The van der Waals surface area contributed by atoms with E-state index in [0.717, 1.165) is 19.3 Å². The van der Waals surface area contributed by atoms with Crippen molar-refractivity contribution in [3.63, 3.8) is 0 Å². The van der Waals surface area contributed by atoms with E-state index in [9.17, 15) is 24.3 Å². The predicted octanol–water partition coefficient (Wildman–Crippen LogP) is 5.04. The van der Waals surface area contributed by atoms with Crippen molar-refractivity contribution in [2.45, 2.75) is 80.2 Å². The van der Waals surface area contributed by atoms with Crippen LogP contribution in [0.1, 0.15) is 68.7 Å². The van der Waals surface area contributed by atoms with Gasteiger partial charge in [-0.3, -0.25) is 19.2 Å². The zero-order valence-corrected chi connectivity index (χ0v) is 30.2. The normalized spacial score (nSPS) is 26.2. The summed E-state index contributed by atoms with van der Waals surface area (Å²) in [7, 11) is 0. The highest BCUT2D eigenvalue weighted by molar-refractivity contribution is 9.09. The van der Waals surface area contributed by atoms with E-state index in [0.29, 0.717) is 30.5 Å². The SMILES string of the molecule is C=CCCC(=O)NC[C@H](OC(=O)[C@@H]1[C@H]2O[C@@]3(CC2Br)[C@H](C(=O)N(CC=C)CCCCC)N([C@H](CO)c2ccccc2)C(=O)[C@@H]13)c1ccccc1. The summed E-state index contributed by atoms with van der Waals surface area (Å²) in [6.07, 6.45) is 5.53. The van der Waals surface area contributed by atoms with Gasteiger partial charge in [0.2, 0.25) is 17.7 Å². The first kappa shape index (κ1) is 37.5. The highest BCUT2D eigenvalue weighted by Crippen LogP contribution is 2.61. The predicted molar refractivity (Wildman–Crippen MR) is 193 cm³/mol. The molecule has 1 spiro atoms. The van der Waals surface area contributed by atoms with Crippen LogP contribution in [0, 0.1) is 11.8 Å². The average molecular weight is 751 g/mol. The van der Waals surface area contributed by atoms with E-state index in [2.05, 4.69) is 41.3 Å². The molecule has 0 aromatic heterocycles. The molecular weight excluding hydrogens is 702 g/mol. The summed E-state index contributed by atoms with van der Waals surface area (Å²) in [6, 6.07) is 16.3. The summed E-state index contributed by atoms with van der Waals surface area (Å²) >= 11 is 3.74. The molecule has 0 radical (unpaired) electrons. The smallest absolute Gasteiger partial charge is 0.313 e. The van der Waals surface area contributed by atoms with Crippen LogP contribution < -0.4 is 5.32 Å². The number of hydrogen-bond acceptors (Lipinski definition) is 7. The van der Waals surface area contributed by atoms with Gasteiger partial charge in [0.1, 0.15) is 17.7 Å². The van der Waals surface area contributed by atoms with Crippen LogP contribution >= 0.6 is 15.9 Å². The number of aliphatic hydroxyl groups excluding tert-OH is 1. The fraction of sp³-hybridized carbons (Fsp3) is 0.487. The van der Waals surface area contributed by atoms with Crippen molar-refractivity contribution >= 4 is 39.6 Å². The van der Waals surface area contributed by atoms with Crippen LogP contribution in [-0.2, 0) is 28.7 Å². The molecule has 3 fully saturated rings. The number of amides is 3. The van der Waals surface area contributed by atoms with Crippen LogP contribution in [0.2, 0.25) is 0 Å². The van der Waals surface area contributed by atoms with E-state index in [1.54, 1.807) is 17.1 Å². The van der Waals surface area contributed by atoms with Gasteiger partial charge >= 0.3 is 5.97 Å². The highest BCUT2D eigenvalue weighted by Gasteiger charge is 2.77. The molecule has 3 amide bonds. The summed E-state index contributed by atoms with van der Waals surface area (Å²) in [5.74, 6) is -3.65. The van der Waals surface area contributed by atoms with Gasteiger partial charge in [-0.05, 0) is 30.4 Å². The topological polar surface area (TPSA) is 125 Å². The van der Waals surface area contributed by atoms with Crippen LogP contribution in [0.5, 0.6) is 0 Å². The number of rotatable bonds is 18. The van der Waals surface area contributed by atoms with Gasteiger partial charge in [0, 0.05) is 24.3 Å². The zero-order chi connectivity index (χ0) is 35.8. The second kappa shape index (κ2) is 16.9. The molecule has 3 aliphatic rings. The summed E-state index contributed by atoms with van der Waals surface area (Å²) in [5.41, 5.74) is 0.00624. The maximum absolute atomic E-state index is 14.8. The first-order valence-corrected chi connectivity index (χ1v) is 18.5. The molecule has 0 aliphatic carbocycles. The Bertz CT molecular complexity index is 1520. The van der Waals surface area contributed by atoms with Crippen molar-refractivity contribution < 1.29 is 33.8 Å². The second-order valence-electron chi connectivity index (χ2n) is 13.3. The van der Waals surface area contributed by atoms with Crippen molar-refractivity contribution in [1.82, 2.24) is 15.1 Å². The lowest BCUT2D eigenvalue weighted by atomic mass is 9.70. The summed E-state index contributed by atoms with van der Waals surface area (Å²) in [4.78, 5) is 59.4. The van der Waals surface area contributed by atoms with Gasteiger partial charge in [0.05, 0.1) is 37.1 Å². The number of aliphatic hydroxyl groups is 1. The molecule has 2 N–H and O–H groups in total. The molecule has 2 bridgehead atoms. The zero-order valence-electron chi connectivity index (χ0n) is 28.6. The first-order chi connectivity index (χ1) is 24.2. The van der Waals surface area contributed by atoms with E-state index in [1.165, 1.54) is 4.90 Å². The van der Waals surface area contributed by atoms with Gasteiger partial charge in [-0.25, -0.2) is 0 Å². The molecule has 5 rings (SSSR count). The molecule has 11 heteroatoms. The molecule has 0 saturated carbocycles. The molecule has 50 heavy (non-hydrogen) atoms. The Kier molecular flexibility index (Phi) is 12.7. The number of carbonyl (C=O) groups excluding carboxylic acids is 4. The molecule has 8 atom stereocenters. The number of unbranched alkanes of at least 4 members (excludes halogenated alkanes) is 2. The van der Waals surface area contributed by atoms with Crippen molar-refractivity contribution in [1.29, 1.82) is 0 Å². The van der Waals surface area contributed by atoms with E-state index in [4.69, 9.17) is 9.47 Å². The molecule has 268 valence electrons. The van der Waals surface area contributed by atoms with Crippen LogP contribution in [0.25, 0.3) is 0 Å². The first-order valence-electron chi connectivity index (χ1n) is 17.5. The Balaban J connectivity index is 1.52. The monoisotopic (exact) mass is 749 g/mol. The standard InChI is InChI=1S/C39H48BrN3O7/c1-4-7-15-22-42(21-6-3)37(47)35-39-23-28(40)34(50-39)32(33(39)36(46)43(35)29(25-44)26-16-11-9-12-17-26)38(48)49-30(27-18-13-10-14-19-27)24-41-31(45)20-8-5-2/h5-6,9-14,16-19,28-30,32-35,44H,2-4,7-8,15,20-25H2,1H3,(H,41,45)/t28?,29-,30+,32+,33-,34+,35+,39-/m1/s1. The maximum atomic E-state index is 14.8. The average Bonchev–Trinajstić information content (AvgIpc) is 3.73. The molecule has 10 nitrogen and oxygen atoms in total. The Morgan fingerprint density at radius 2 is 1.78 bits per heavy atom. The number of halogens is 1. The van der Waals surface area contributed by atoms with E-state index < -0.39 is 60.2 Å². The van der Waals surface area contributed by atoms with Crippen molar-refractivity contribution in [3.8, 4) is 0 Å². The number of carbonyl (C=O) groups is 4. The van der Waals surface area contributed by atoms with Crippen molar-refractivity contribution in [3.05, 3.63) is 97.1 Å². The van der Waals surface area contributed by atoms with Crippen LogP contribution in [-0.4, -0.2) is 87.4 Å². The van der Waals surface area contributed by atoms with E-state index in [-0.39, 0.29) is 36.2 Å². The molecule has 3 saturated heterocycles. The Morgan fingerprint density at radius 3 is 2.40 bits per heavy atom. The fourth-order valence-corrected chi connectivity index (χ4v) is 8.74. The van der Waals surface area contributed by atoms with E-state index >= 15 is 0 Å². The largest absolute Gasteiger partial charge is 0.455 e. The third kappa shape index (κ3) is 7.45. The number of fused-ring (bicyclic) bond motifs is 1. The van der Waals surface area contributed by atoms with Gasteiger partial charge in [-0.15, -0.1) is 13.2 Å². The number of esters is 1. The minimum Gasteiger partial charge on any atom is -0.455 e. The molecule has 2 aromatic rings. The maximum Gasteiger partial charge on any atom is 0.313 e. The van der Waals surface area contributed by atoms with Crippen molar-refractivity contribution in [2.24, 2.45) is 11.8 Å². The minimum atomic E-state index is -1.34. The van der Waals surface area contributed by atoms with E-state index in [1.807, 2.05) is 60.7 Å². The third-order valence-electron chi connectivity index (χ3n) is 10.1. The number of benzene rings is 2. The number of likely N-dealkylation sites (tertiary alicyclic amines) is 1. The number of alkyl halides is 1. The van der Waals surface area contributed by atoms with Crippen LogP contribution in [0.15, 0.2) is 86.0 Å². The summed E-state index contributed by atoms with van der Waals surface area (Å²) in [5, 5.41) is 13.7. The summed E-state index contributed by atoms with van der Waals surface area (Å²) in [6.45, 7) is 9.99. The molecule has 3 aliphatic heterocycles. The Morgan fingerprint density at radius 1 is 1.10 bits per heavy atom. The number of nitrogens with zero attached hydrogens (tertiary/aromatic N) is 2. The number of nitrogens with one attached hydrogen (secondary N) is 1. The van der Waals surface area contributed by atoms with Gasteiger partial charge in [0.15, 0.2) is 0 Å². The lowest BCUT2D eigenvalue weighted by molar-refractivity contribution is -0.161. The van der Waals surface area contributed by atoms with Gasteiger partial charge < -0.3 is 29.7 Å². The van der Waals surface area contributed by atoms with Gasteiger partial charge in [-0.2, -0.15) is 0 Å².